The summed E-state index contributed by atoms with van der Waals surface area (Å²) in [5.74, 6) is -1.64. The number of aromatic hydroxyl groups is 1. The standard InChI is InChI=1S/C22H27NO7/c1-12-18(22(26)30-9-8-27-2)19(20-14(23-12)6-5-7-15(20)24)13-10-16(28-3)21(25)17(11-13)29-4/h10-11,18-19,25H,5-9H2,1-4H3/t18?,19-/m0/s1. The van der Waals surface area contributed by atoms with Gasteiger partial charge in [0.15, 0.2) is 17.3 Å². The number of hydrogen-bond donors (Lipinski definition) is 1. The molecule has 1 unspecified atom stereocenters. The number of allylic oxidation sites excluding steroid dienone is 2. The van der Waals surface area contributed by atoms with Crippen LogP contribution in [0.5, 0.6) is 17.2 Å². The number of Topliss-reactive ketones (excluding diaryl/α,β-unsaturated/α-hetero) is 1. The number of benzene rings is 1. The van der Waals surface area contributed by atoms with Gasteiger partial charge in [0.1, 0.15) is 12.5 Å². The maximum Gasteiger partial charge on any atom is 0.315 e. The van der Waals surface area contributed by atoms with Crippen molar-refractivity contribution in [3.05, 3.63) is 29.0 Å². The normalized spacial score (nSPS) is 21.1. The first-order chi connectivity index (χ1) is 14.4. The zero-order valence-electron chi connectivity index (χ0n) is 17.7. The van der Waals surface area contributed by atoms with Crippen LogP contribution in [0.2, 0.25) is 0 Å². The molecule has 0 bridgehead atoms. The minimum absolute atomic E-state index is 0.0294. The van der Waals surface area contributed by atoms with Crippen molar-refractivity contribution in [2.24, 2.45) is 10.9 Å². The summed E-state index contributed by atoms with van der Waals surface area (Å²) in [4.78, 5) is 30.5. The Morgan fingerprint density at radius 2 is 1.80 bits per heavy atom. The lowest BCUT2D eigenvalue weighted by Crippen LogP contribution is -2.37. The van der Waals surface area contributed by atoms with Crippen molar-refractivity contribution in [2.45, 2.75) is 32.1 Å². The second-order valence-corrected chi connectivity index (χ2v) is 7.28. The van der Waals surface area contributed by atoms with Crippen LogP contribution in [-0.2, 0) is 19.1 Å². The van der Waals surface area contributed by atoms with E-state index in [2.05, 4.69) is 4.99 Å². The first-order valence-electron chi connectivity index (χ1n) is 9.84. The van der Waals surface area contributed by atoms with Gasteiger partial charge in [0, 0.05) is 36.4 Å². The fourth-order valence-corrected chi connectivity index (χ4v) is 4.08. The zero-order chi connectivity index (χ0) is 21.8. The van der Waals surface area contributed by atoms with Crippen molar-refractivity contribution < 1.29 is 33.6 Å². The van der Waals surface area contributed by atoms with Crippen molar-refractivity contribution in [1.82, 2.24) is 0 Å². The molecule has 0 saturated carbocycles. The molecule has 2 atom stereocenters. The number of phenolic OH excluding ortho intramolecular Hbond substituents is 1. The van der Waals surface area contributed by atoms with Gasteiger partial charge in [-0.3, -0.25) is 14.6 Å². The van der Waals surface area contributed by atoms with Gasteiger partial charge in [-0.15, -0.1) is 0 Å². The van der Waals surface area contributed by atoms with E-state index in [0.29, 0.717) is 35.4 Å². The first-order valence-corrected chi connectivity index (χ1v) is 9.84. The monoisotopic (exact) mass is 417 g/mol. The summed E-state index contributed by atoms with van der Waals surface area (Å²) >= 11 is 0. The van der Waals surface area contributed by atoms with Crippen molar-refractivity contribution in [3.8, 4) is 17.2 Å². The van der Waals surface area contributed by atoms with Crippen LogP contribution in [0.15, 0.2) is 28.4 Å². The van der Waals surface area contributed by atoms with Crippen LogP contribution in [0, 0.1) is 5.92 Å². The van der Waals surface area contributed by atoms with Crippen LogP contribution < -0.4 is 9.47 Å². The van der Waals surface area contributed by atoms with Gasteiger partial charge in [-0.25, -0.2) is 0 Å². The molecule has 8 nitrogen and oxygen atoms in total. The minimum atomic E-state index is -0.776. The Hall–Kier alpha value is -2.87. The van der Waals surface area contributed by atoms with Crippen LogP contribution in [0.25, 0.3) is 0 Å². The molecule has 0 spiro atoms. The van der Waals surface area contributed by atoms with Crippen molar-refractivity contribution in [2.75, 3.05) is 34.5 Å². The Labute approximate surface area is 175 Å². The lowest BCUT2D eigenvalue weighted by atomic mass is 9.71. The highest BCUT2D eigenvalue weighted by Crippen LogP contribution is 2.47. The third-order valence-corrected chi connectivity index (χ3v) is 5.48. The SMILES string of the molecule is COCCOC(=O)C1C(C)=NC2=C(C(=O)CCC2)[C@H]1c1cc(OC)c(O)c(OC)c1. The Morgan fingerprint density at radius 3 is 2.40 bits per heavy atom. The molecule has 2 aliphatic rings. The first kappa shape index (κ1) is 21.8. The zero-order valence-corrected chi connectivity index (χ0v) is 17.7. The summed E-state index contributed by atoms with van der Waals surface area (Å²) in [6.45, 7) is 2.15. The molecule has 30 heavy (non-hydrogen) atoms. The highest BCUT2D eigenvalue weighted by Gasteiger charge is 2.43. The molecule has 0 aromatic heterocycles. The fraction of sp³-hybridized carbons (Fsp3) is 0.500. The maximum atomic E-state index is 13.0. The molecule has 1 N–H and O–H groups in total. The van der Waals surface area contributed by atoms with Crippen LogP contribution in [-0.4, -0.2) is 57.1 Å². The molecule has 0 amide bonds. The highest BCUT2D eigenvalue weighted by atomic mass is 16.6. The fourth-order valence-electron chi connectivity index (χ4n) is 4.08. The summed E-state index contributed by atoms with van der Waals surface area (Å²) in [6, 6.07) is 3.26. The van der Waals surface area contributed by atoms with Crippen LogP contribution in [0.1, 0.15) is 37.7 Å². The average Bonchev–Trinajstić information content (AvgIpc) is 2.73. The number of hydrogen-bond acceptors (Lipinski definition) is 8. The molecule has 162 valence electrons. The molecule has 1 aliphatic carbocycles. The largest absolute Gasteiger partial charge is 0.502 e. The third kappa shape index (κ3) is 4.05. The lowest BCUT2D eigenvalue weighted by molar-refractivity contribution is -0.147. The highest BCUT2D eigenvalue weighted by molar-refractivity contribution is 6.08. The maximum absolute atomic E-state index is 13.0. The number of esters is 1. The van der Waals surface area contributed by atoms with E-state index in [9.17, 15) is 14.7 Å². The number of phenols is 1. The molecule has 1 heterocycles. The predicted molar refractivity (Wildman–Crippen MR) is 109 cm³/mol. The minimum Gasteiger partial charge on any atom is -0.502 e. The second-order valence-electron chi connectivity index (χ2n) is 7.28. The molecule has 1 aromatic carbocycles. The van der Waals surface area contributed by atoms with Crippen molar-refractivity contribution in [1.29, 1.82) is 0 Å². The molecular formula is C22H27NO7. The number of ketones is 1. The number of nitrogens with zero attached hydrogens (tertiary/aromatic N) is 1. The molecule has 0 radical (unpaired) electrons. The number of carbonyl (C=O) groups is 2. The summed E-state index contributed by atoms with van der Waals surface area (Å²) in [6.07, 6.45) is 1.81. The smallest absolute Gasteiger partial charge is 0.315 e. The van der Waals surface area contributed by atoms with Crippen LogP contribution in [0.3, 0.4) is 0 Å². The van der Waals surface area contributed by atoms with E-state index in [0.717, 1.165) is 6.42 Å². The van der Waals surface area contributed by atoms with Gasteiger partial charge in [-0.05, 0) is 37.5 Å². The van der Waals surface area contributed by atoms with E-state index >= 15 is 0 Å². The topological polar surface area (TPSA) is 104 Å². The van der Waals surface area contributed by atoms with E-state index in [1.807, 2.05) is 0 Å². The Bertz CT molecular complexity index is 878. The van der Waals surface area contributed by atoms with E-state index in [1.54, 1.807) is 19.1 Å². The van der Waals surface area contributed by atoms with E-state index in [4.69, 9.17) is 18.9 Å². The Balaban J connectivity index is 2.14. The Kier molecular flexibility index (Phi) is 6.77. The molecule has 8 heteroatoms. The third-order valence-electron chi connectivity index (χ3n) is 5.48. The number of rotatable bonds is 7. The van der Waals surface area contributed by atoms with Gasteiger partial charge in [0.25, 0.3) is 0 Å². The molecule has 1 aliphatic heterocycles. The van der Waals surface area contributed by atoms with Crippen molar-refractivity contribution in [3.63, 3.8) is 0 Å². The van der Waals surface area contributed by atoms with Crippen LogP contribution in [0.4, 0.5) is 0 Å². The number of ether oxygens (including phenoxy) is 4. The van der Waals surface area contributed by atoms with Gasteiger partial charge >= 0.3 is 5.97 Å². The number of aliphatic imine (C=N–C) groups is 1. The molecule has 1 aromatic rings. The van der Waals surface area contributed by atoms with E-state index in [-0.39, 0.29) is 36.2 Å². The van der Waals surface area contributed by atoms with Gasteiger partial charge < -0.3 is 24.1 Å². The summed E-state index contributed by atoms with van der Waals surface area (Å²) < 4.78 is 20.9. The van der Waals surface area contributed by atoms with Crippen LogP contribution >= 0.6 is 0 Å². The lowest BCUT2D eigenvalue weighted by Gasteiger charge is -2.34. The van der Waals surface area contributed by atoms with Crippen molar-refractivity contribution >= 4 is 17.5 Å². The second kappa shape index (κ2) is 9.30. The summed E-state index contributed by atoms with van der Waals surface area (Å²) in [7, 11) is 4.38. The van der Waals surface area contributed by atoms with E-state index in [1.165, 1.54) is 21.3 Å². The van der Waals surface area contributed by atoms with Gasteiger partial charge in [-0.1, -0.05) is 0 Å². The molecule has 0 saturated heterocycles. The molecule has 3 rings (SSSR count). The Morgan fingerprint density at radius 1 is 1.13 bits per heavy atom. The quantitative estimate of drug-likeness (QED) is 0.537. The van der Waals surface area contributed by atoms with Gasteiger partial charge in [0.05, 0.1) is 20.8 Å². The van der Waals surface area contributed by atoms with Gasteiger partial charge in [0.2, 0.25) is 5.75 Å². The van der Waals surface area contributed by atoms with Gasteiger partial charge in [-0.2, -0.15) is 0 Å². The van der Waals surface area contributed by atoms with E-state index < -0.39 is 17.8 Å². The molecule has 0 fully saturated rings. The summed E-state index contributed by atoms with van der Waals surface area (Å²) in [5.41, 5.74) is 2.44. The summed E-state index contributed by atoms with van der Waals surface area (Å²) in [5, 5.41) is 10.3. The average molecular weight is 417 g/mol. The number of methoxy groups -OCH3 is 3. The molecular weight excluding hydrogens is 390 g/mol. The predicted octanol–water partition coefficient (Wildman–Crippen LogP) is 2.78. The number of carbonyl (C=O) groups excluding carboxylic acids is 2.